The van der Waals surface area contributed by atoms with Crippen LogP contribution < -0.4 is 11.3 Å². The van der Waals surface area contributed by atoms with Gasteiger partial charge in [0, 0.05) is 6.04 Å². The molecule has 1 aromatic carbocycles. The third-order valence-electron chi connectivity index (χ3n) is 3.82. The Morgan fingerprint density at radius 1 is 1.24 bits per heavy atom. The summed E-state index contributed by atoms with van der Waals surface area (Å²) in [5.74, 6) is 7.11. The maximum atomic E-state index is 5.64. The van der Waals surface area contributed by atoms with Gasteiger partial charge in [0.2, 0.25) is 0 Å². The van der Waals surface area contributed by atoms with E-state index in [0.29, 0.717) is 5.92 Å². The van der Waals surface area contributed by atoms with Crippen LogP contribution in [0, 0.1) is 5.92 Å². The van der Waals surface area contributed by atoms with Crippen molar-refractivity contribution in [1.82, 2.24) is 5.43 Å². The Kier molecular flexibility index (Phi) is 4.19. The highest BCUT2D eigenvalue weighted by Crippen LogP contribution is 2.36. The van der Waals surface area contributed by atoms with E-state index in [1.165, 1.54) is 30.4 Å². The Balaban J connectivity index is 2.04. The zero-order valence-corrected chi connectivity index (χ0v) is 10.9. The number of hydrogen-bond donors (Lipinski definition) is 2. The van der Waals surface area contributed by atoms with Crippen LogP contribution in [0.4, 0.5) is 0 Å². The van der Waals surface area contributed by atoms with Crippen molar-refractivity contribution in [2.75, 3.05) is 0 Å². The summed E-state index contributed by atoms with van der Waals surface area (Å²) in [6.07, 6.45) is 5.21. The van der Waals surface area contributed by atoms with Gasteiger partial charge in [-0.2, -0.15) is 0 Å². The van der Waals surface area contributed by atoms with E-state index in [2.05, 4.69) is 43.5 Å². The van der Waals surface area contributed by atoms with Crippen molar-refractivity contribution < 1.29 is 0 Å². The zero-order chi connectivity index (χ0) is 12.3. The van der Waals surface area contributed by atoms with E-state index < -0.39 is 0 Å². The van der Waals surface area contributed by atoms with Crippen LogP contribution in [0.5, 0.6) is 0 Å². The highest BCUT2D eigenvalue weighted by atomic mass is 15.2. The number of benzene rings is 1. The molecule has 0 heterocycles. The van der Waals surface area contributed by atoms with Crippen LogP contribution in [0.2, 0.25) is 0 Å². The third-order valence-corrected chi connectivity index (χ3v) is 3.82. The lowest BCUT2D eigenvalue weighted by Crippen LogP contribution is -2.29. The zero-order valence-electron chi connectivity index (χ0n) is 10.9. The van der Waals surface area contributed by atoms with Crippen LogP contribution in [0.25, 0.3) is 0 Å². The lowest BCUT2D eigenvalue weighted by molar-refractivity contribution is 0.418. The third kappa shape index (κ3) is 3.08. The van der Waals surface area contributed by atoms with Crippen molar-refractivity contribution >= 4 is 0 Å². The molecule has 0 radical (unpaired) electrons. The molecule has 17 heavy (non-hydrogen) atoms. The second kappa shape index (κ2) is 5.65. The largest absolute Gasteiger partial charge is 0.271 e. The number of rotatable bonds is 5. The fourth-order valence-corrected chi connectivity index (χ4v) is 2.51. The minimum atomic E-state index is 0.283. The molecule has 0 spiro atoms. The van der Waals surface area contributed by atoms with Gasteiger partial charge < -0.3 is 0 Å². The lowest BCUT2D eigenvalue weighted by atomic mass is 9.79. The van der Waals surface area contributed by atoms with Gasteiger partial charge in [0.1, 0.15) is 0 Å². The van der Waals surface area contributed by atoms with E-state index in [0.717, 1.165) is 12.3 Å². The Bertz CT molecular complexity index is 338. The highest BCUT2D eigenvalue weighted by Gasteiger charge is 2.19. The predicted octanol–water partition coefficient (Wildman–Crippen LogP) is 3.50. The first-order valence-corrected chi connectivity index (χ1v) is 6.76. The molecule has 1 aliphatic carbocycles. The van der Waals surface area contributed by atoms with Crippen molar-refractivity contribution in [1.29, 1.82) is 0 Å². The molecule has 94 valence electrons. The van der Waals surface area contributed by atoms with Crippen molar-refractivity contribution in [2.45, 2.75) is 51.5 Å². The topological polar surface area (TPSA) is 38.0 Å². The SMILES string of the molecule is CC(C)CC(NN)c1ccc(C2CCC2)cc1. The predicted molar refractivity (Wildman–Crippen MR) is 72.6 cm³/mol. The van der Waals surface area contributed by atoms with Gasteiger partial charge in [0.25, 0.3) is 0 Å². The van der Waals surface area contributed by atoms with Gasteiger partial charge in [0.15, 0.2) is 0 Å². The minimum absolute atomic E-state index is 0.283. The molecular formula is C15H24N2. The van der Waals surface area contributed by atoms with Crippen molar-refractivity contribution in [3.63, 3.8) is 0 Å². The van der Waals surface area contributed by atoms with Gasteiger partial charge in [-0.1, -0.05) is 44.5 Å². The van der Waals surface area contributed by atoms with Crippen LogP contribution in [0.3, 0.4) is 0 Å². The Hall–Kier alpha value is -0.860. The standard InChI is InChI=1S/C15H24N2/c1-11(2)10-15(17-16)14-8-6-13(7-9-14)12-4-3-5-12/h6-9,11-12,15,17H,3-5,10,16H2,1-2H3. The molecule has 0 bridgehead atoms. The molecule has 2 nitrogen and oxygen atoms in total. The van der Waals surface area contributed by atoms with Gasteiger partial charge in [-0.25, -0.2) is 0 Å². The quantitative estimate of drug-likeness (QED) is 0.602. The van der Waals surface area contributed by atoms with E-state index in [1.807, 2.05) is 0 Å². The molecule has 1 saturated carbocycles. The van der Waals surface area contributed by atoms with E-state index in [-0.39, 0.29) is 6.04 Å². The first-order chi connectivity index (χ1) is 8.20. The van der Waals surface area contributed by atoms with Crippen LogP contribution in [-0.4, -0.2) is 0 Å². The fourth-order valence-electron chi connectivity index (χ4n) is 2.51. The minimum Gasteiger partial charge on any atom is -0.271 e. The van der Waals surface area contributed by atoms with E-state index in [4.69, 9.17) is 5.84 Å². The smallest absolute Gasteiger partial charge is 0.0462 e. The van der Waals surface area contributed by atoms with Crippen molar-refractivity contribution in [3.8, 4) is 0 Å². The molecule has 1 atom stereocenters. The van der Waals surface area contributed by atoms with Gasteiger partial charge in [-0.15, -0.1) is 0 Å². The summed E-state index contributed by atoms with van der Waals surface area (Å²) in [6, 6.07) is 9.32. The van der Waals surface area contributed by atoms with E-state index in [9.17, 15) is 0 Å². The second-order valence-corrected chi connectivity index (χ2v) is 5.64. The number of hydrogen-bond acceptors (Lipinski definition) is 2. The molecule has 0 amide bonds. The Morgan fingerprint density at radius 3 is 2.29 bits per heavy atom. The van der Waals surface area contributed by atoms with Crippen LogP contribution in [0.1, 0.15) is 62.6 Å². The fraction of sp³-hybridized carbons (Fsp3) is 0.600. The molecule has 1 fully saturated rings. The summed E-state index contributed by atoms with van der Waals surface area (Å²) < 4.78 is 0. The first-order valence-electron chi connectivity index (χ1n) is 6.76. The Labute approximate surface area is 105 Å². The van der Waals surface area contributed by atoms with E-state index >= 15 is 0 Å². The molecule has 1 unspecified atom stereocenters. The number of hydrazine groups is 1. The van der Waals surface area contributed by atoms with Crippen LogP contribution >= 0.6 is 0 Å². The van der Waals surface area contributed by atoms with E-state index in [1.54, 1.807) is 0 Å². The molecule has 0 aliphatic heterocycles. The summed E-state index contributed by atoms with van der Waals surface area (Å²) in [5.41, 5.74) is 5.74. The molecule has 1 aliphatic rings. The monoisotopic (exact) mass is 232 g/mol. The van der Waals surface area contributed by atoms with Crippen molar-refractivity contribution in [2.24, 2.45) is 11.8 Å². The summed E-state index contributed by atoms with van der Waals surface area (Å²) in [6.45, 7) is 4.46. The summed E-state index contributed by atoms with van der Waals surface area (Å²) >= 11 is 0. The molecule has 1 aromatic rings. The molecule has 3 N–H and O–H groups in total. The highest BCUT2D eigenvalue weighted by molar-refractivity contribution is 5.28. The average Bonchev–Trinajstić information content (AvgIpc) is 2.24. The van der Waals surface area contributed by atoms with Gasteiger partial charge in [0.05, 0.1) is 0 Å². The Morgan fingerprint density at radius 2 is 1.88 bits per heavy atom. The summed E-state index contributed by atoms with van der Waals surface area (Å²) in [5, 5.41) is 0. The average molecular weight is 232 g/mol. The van der Waals surface area contributed by atoms with Crippen LogP contribution in [-0.2, 0) is 0 Å². The maximum Gasteiger partial charge on any atom is 0.0462 e. The molecule has 2 rings (SSSR count). The van der Waals surface area contributed by atoms with Gasteiger partial charge >= 0.3 is 0 Å². The van der Waals surface area contributed by atoms with Crippen molar-refractivity contribution in [3.05, 3.63) is 35.4 Å². The molecular weight excluding hydrogens is 208 g/mol. The number of nitrogens with two attached hydrogens (primary N) is 1. The molecule has 2 heteroatoms. The molecule has 0 aromatic heterocycles. The van der Waals surface area contributed by atoms with Crippen LogP contribution in [0.15, 0.2) is 24.3 Å². The second-order valence-electron chi connectivity index (χ2n) is 5.64. The maximum absolute atomic E-state index is 5.64. The lowest BCUT2D eigenvalue weighted by Gasteiger charge is -2.26. The first kappa shape index (κ1) is 12.6. The summed E-state index contributed by atoms with van der Waals surface area (Å²) in [7, 11) is 0. The molecule has 0 saturated heterocycles. The van der Waals surface area contributed by atoms with Gasteiger partial charge in [-0.05, 0) is 42.2 Å². The normalized spacial score (nSPS) is 18.1. The number of nitrogens with one attached hydrogen (secondary N) is 1. The summed E-state index contributed by atoms with van der Waals surface area (Å²) in [4.78, 5) is 0. The van der Waals surface area contributed by atoms with Gasteiger partial charge in [-0.3, -0.25) is 11.3 Å².